The first-order chi connectivity index (χ1) is 5.18. The first-order valence-electron chi connectivity index (χ1n) is 3.53. The Labute approximate surface area is 64.0 Å². The summed E-state index contributed by atoms with van der Waals surface area (Å²) in [4.78, 5) is 32.2. The second-order valence-corrected chi connectivity index (χ2v) is 2.54. The largest absolute Gasteiger partial charge is 0.299 e. The van der Waals surface area contributed by atoms with Crippen molar-refractivity contribution in [2.24, 2.45) is 0 Å². The number of imide groups is 1. The van der Waals surface area contributed by atoms with Gasteiger partial charge in [-0.05, 0) is 6.42 Å². The van der Waals surface area contributed by atoms with Crippen molar-refractivity contribution in [3.63, 3.8) is 0 Å². The number of Topliss-reactive ketones (excluding diaryl/α,β-unsaturated/α-hetero) is 1. The smallest absolute Gasteiger partial charge is 0.233 e. The van der Waals surface area contributed by atoms with Crippen LogP contribution >= 0.6 is 0 Å². The molecule has 0 spiro atoms. The standard InChI is InChI=1S/C7H9NO3/c9-5-2-1-3-6(10)8-7(11)4-5/h1-4H2,(H,8,10,11). The third-order valence-corrected chi connectivity index (χ3v) is 1.50. The number of hydrogen-bond donors (Lipinski definition) is 1. The number of carbonyl (C=O) groups is 3. The molecule has 0 unspecified atom stereocenters. The fraction of sp³-hybridized carbons (Fsp3) is 0.571. The quantitative estimate of drug-likeness (QED) is 0.388. The second kappa shape index (κ2) is 3.27. The minimum Gasteiger partial charge on any atom is -0.299 e. The zero-order valence-corrected chi connectivity index (χ0v) is 6.05. The van der Waals surface area contributed by atoms with Gasteiger partial charge in [0.25, 0.3) is 0 Å². The Morgan fingerprint density at radius 1 is 1.00 bits per heavy atom. The summed E-state index contributed by atoms with van der Waals surface area (Å²) in [5.41, 5.74) is 0. The van der Waals surface area contributed by atoms with Crippen LogP contribution in [-0.4, -0.2) is 17.6 Å². The summed E-state index contributed by atoms with van der Waals surface area (Å²) in [7, 11) is 0. The molecule has 4 heteroatoms. The van der Waals surface area contributed by atoms with Gasteiger partial charge in [-0.2, -0.15) is 0 Å². The van der Waals surface area contributed by atoms with Crippen molar-refractivity contribution < 1.29 is 14.4 Å². The molecule has 0 aromatic rings. The minimum absolute atomic E-state index is 0.0880. The van der Waals surface area contributed by atoms with Crippen molar-refractivity contribution in [3.8, 4) is 0 Å². The SMILES string of the molecule is O=C1CCCC(=O)NC(=O)C1. The Hall–Kier alpha value is -1.19. The van der Waals surface area contributed by atoms with Gasteiger partial charge in [-0.25, -0.2) is 0 Å². The highest BCUT2D eigenvalue weighted by molar-refractivity contribution is 6.05. The van der Waals surface area contributed by atoms with Gasteiger partial charge in [0, 0.05) is 12.8 Å². The van der Waals surface area contributed by atoms with Gasteiger partial charge >= 0.3 is 0 Å². The number of nitrogens with one attached hydrogen (secondary N) is 1. The van der Waals surface area contributed by atoms with E-state index in [1.165, 1.54) is 0 Å². The normalized spacial score (nSPS) is 20.5. The number of carbonyl (C=O) groups excluding carboxylic acids is 3. The van der Waals surface area contributed by atoms with Gasteiger partial charge in [-0.1, -0.05) is 0 Å². The van der Waals surface area contributed by atoms with E-state index in [1.54, 1.807) is 0 Å². The van der Waals surface area contributed by atoms with Gasteiger partial charge in [0.1, 0.15) is 5.78 Å². The molecular formula is C7H9NO3. The van der Waals surface area contributed by atoms with Crippen LogP contribution in [0.25, 0.3) is 0 Å². The first-order valence-corrected chi connectivity index (χ1v) is 3.53. The highest BCUT2D eigenvalue weighted by Gasteiger charge is 2.16. The van der Waals surface area contributed by atoms with E-state index in [2.05, 4.69) is 5.32 Å². The van der Waals surface area contributed by atoms with Crippen molar-refractivity contribution >= 4 is 17.6 Å². The van der Waals surface area contributed by atoms with E-state index in [9.17, 15) is 14.4 Å². The molecule has 11 heavy (non-hydrogen) atoms. The maximum Gasteiger partial charge on any atom is 0.233 e. The monoisotopic (exact) mass is 155 g/mol. The molecule has 60 valence electrons. The molecule has 1 rings (SSSR count). The molecular weight excluding hydrogens is 146 g/mol. The van der Waals surface area contributed by atoms with Crippen LogP contribution in [0, 0.1) is 0 Å². The van der Waals surface area contributed by atoms with E-state index in [1.807, 2.05) is 0 Å². The van der Waals surface area contributed by atoms with E-state index in [-0.39, 0.29) is 24.5 Å². The summed E-state index contributed by atoms with van der Waals surface area (Å²) in [5.74, 6) is -0.836. The zero-order valence-electron chi connectivity index (χ0n) is 6.05. The van der Waals surface area contributed by atoms with Crippen LogP contribution < -0.4 is 5.32 Å². The highest BCUT2D eigenvalue weighted by atomic mass is 16.2. The van der Waals surface area contributed by atoms with Crippen LogP contribution in [0.4, 0.5) is 0 Å². The number of rotatable bonds is 0. The zero-order chi connectivity index (χ0) is 8.27. The third kappa shape index (κ3) is 2.49. The van der Waals surface area contributed by atoms with E-state index >= 15 is 0 Å². The van der Waals surface area contributed by atoms with E-state index in [0.717, 1.165) is 0 Å². The second-order valence-electron chi connectivity index (χ2n) is 2.54. The Morgan fingerprint density at radius 3 is 2.45 bits per heavy atom. The molecule has 2 amide bonds. The Bertz CT molecular complexity index is 190. The molecule has 0 radical (unpaired) electrons. The van der Waals surface area contributed by atoms with Gasteiger partial charge < -0.3 is 0 Å². The van der Waals surface area contributed by atoms with E-state index < -0.39 is 5.91 Å². The Morgan fingerprint density at radius 2 is 1.73 bits per heavy atom. The lowest BCUT2D eigenvalue weighted by molar-refractivity contribution is -0.134. The number of ketones is 1. The predicted molar refractivity (Wildman–Crippen MR) is 36.6 cm³/mol. The van der Waals surface area contributed by atoms with Crippen LogP contribution in [0.5, 0.6) is 0 Å². The van der Waals surface area contributed by atoms with Crippen LogP contribution in [0.1, 0.15) is 25.7 Å². The van der Waals surface area contributed by atoms with Crippen LogP contribution in [0.3, 0.4) is 0 Å². The summed E-state index contributed by atoms with van der Waals surface area (Å²) in [6.07, 6.45) is 1.03. The lowest BCUT2D eigenvalue weighted by atomic mass is 10.1. The molecule has 0 saturated carbocycles. The van der Waals surface area contributed by atoms with Crippen molar-refractivity contribution in [3.05, 3.63) is 0 Å². The molecule has 0 atom stereocenters. The Kier molecular flexibility index (Phi) is 2.36. The van der Waals surface area contributed by atoms with E-state index in [0.29, 0.717) is 12.8 Å². The summed E-state index contributed by atoms with van der Waals surface area (Å²) in [6, 6.07) is 0. The molecule has 1 aliphatic rings. The van der Waals surface area contributed by atoms with Gasteiger partial charge in [0.15, 0.2) is 0 Å². The first kappa shape index (κ1) is 7.91. The van der Waals surface area contributed by atoms with Crippen LogP contribution in [0.2, 0.25) is 0 Å². The van der Waals surface area contributed by atoms with Crippen molar-refractivity contribution in [2.75, 3.05) is 0 Å². The minimum atomic E-state index is -0.472. The maximum atomic E-state index is 10.8. The number of hydrogen-bond acceptors (Lipinski definition) is 3. The van der Waals surface area contributed by atoms with Crippen molar-refractivity contribution in [1.29, 1.82) is 0 Å². The van der Waals surface area contributed by atoms with Gasteiger partial charge in [-0.15, -0.1) is 0 Å². The average molecular weight is 155 g/mol. The molecule has 1 aliphatic heterocycles. The predicted octanol–water partition coefficient (Wildman–Crippen LogP) is -0.228. The summed E-state index contributed by atoms with van der Waals surface area (Å²) >= 11 is 0. The summed E-state index contributed by atoms with van der Waals surface area (Å²) < 4.78 is 0. The topological polar surface area (TPSA) is 63.2 Å². The Balaban J connectivity index is 2.54. The molecule has 1 heterocycles. The third-order valence-electron chi connectivity index (χ3n) is 1.50. The fourth-order valence-corrected chi connectivity index (χ4v) is 0.976. The lowest BCUT2D eigenvalue weighted by Crippen LogP contribution is -2.33. The van der Waals surface area contributed by atoms with Gasteiger partial charge in [0.05, 0.1) is 6.42 Å². The van der Waals surface area contributed by atoms with Crippen molar-refractivity contribution in [1.82, 2.24) is 5.32 Å². The average Bonchev–Trinajstić information content (AvgIpc) is 1.83. The summed E-state index contributed by atoms with van der Waals surface area (Å²) in [6.45, 7) is 0. The maximum absolute atomic E-state index is 10.8. The lowest BCUT2D eigenvalue weighted by Gasteiger charge is -2.06. The van der Waals surface area contributed by atoms with Crippen LogP contribution in [0.15, 0.2) is 0 Å². The molecule has 0 aromatic heterocycles. The highest BCUT2D eigenvalue weighted by Crippen LogP contribution is 2.02. The van der Waals surface area contributed by atoms with Crippen LogP contribution in [-0.2, 0) is 14.4 Å². The molecule has 1 saturated heterocycles. The molecule has 0 aromatic carbocycles. The molecule has 4 nitrogen and oxygen atoms in total. The van der Waals surface area contributed by atoms with Gasteiger partial charge in [-0.3, -0.25) is 19.7 Å². The molecule has 1 N–H and O–H groups in total. The molecule has 1 fully saturated rings. The van der Waals surface area contributed by atoms with E-state index in [4.69, 9.17) is 0 Å². The molecule has 0 aliphatic carbocycles. The molecule has 0 bridgehead atoms. The number of amides is 2. The summed E-state index contributed by atoms with van der Waals surface area (Å²) in [5, 5.41) is 2.11. The van der Waals surface area contributed by atoms with Crippen molar-refractivity contribution in [2.45, 2.75) is 25.7 Å². The fourth-order valence-electron chi connectivity index (χ4n) is 0.976. The van der Waals surface area contributed by atoms with Gasteiger partial charge in [0.2, 0.25) is 11.8 Å².